The van der Waals surface area contributed by atoms with E-state index in [4.69, 9.17) is 0 Å². The molecule has 0 unspecified atom stereocenters. The molecule has 3 aromatic rings. The van der Waals surface area contributed by atoms with Crippen LogP contribution in [-0.2, 0) is 6.18 Å². The molecule has 0 spiro atoms. The first-order chi connectivity index (χ1) is 12.2. The standard InChI is InChI=1S/C18H15F4N3O/c1-10(2)16(24-26)15-14-8-5-12(18(20,21)22)9-25(14)23-17(15)11-3-6-13(19)7-4-11/h3-10,26H,1-2H3. The molecule has 0 fully saturated rings. The summed E-state index contributed by atoms with van der Waals surface area (Å²) in [6, 6.07) is 7.64. The fourth-order valence-corrected chi connectivity index (χ4v) is 2.73. The first-order valence-corrected chi connectivity index (χ1v) is 7.80. The summed E-state index contributed by atoms with van der Waals surface area (Å²) in [5, 5.41) is 17.0. The van der Waals surface area contributed by atoms with Gasteiger partial charge in [-0.25, -0.2) is 8.91 Å². The third kappa shape index (κ3) is 3.14. The molecule has 0 saturated heterocycles. The number of fused-ring (bicyclic) bond motifs is 1. The Bertz CT molecular complexity index is 973. The van der Waals surface area contributed by atoms with Crippen molar-refractivity contribution in [1.82, 2.24) is 9.61 Å². The number of oxime groups is 1. The predicted molar refractivity (Wildman–Crippen MR) is 88.7 cm³/mol. The quantitative estimate of drug-likeness (QED) is 0.308. The van der Waals surface area contributed by atoms with Crippen molar-refractivity contribution in [2.24, 2.45) is 11.1 Å². The Hall–Kier alpha value is -2.90. The molecule has 0 amide bonds. The predicted octanol–water partition coefficient (Wildman–Crippen LogP) is 4.99. The van der Waals surface area contributed by atoms with Crippen LogP contribution in [0.3, 0.4) is 0 Å². The van der Waals surface area contributed by atoms with Crippen molar-refractivity contribution in [3.05, 3.63) is 59.5 Å². The van der Waals surface area contributed by atoms with Gasteiger partial charge in [0.15, 0.2) is 0 Å². The average Bonchev–Trinajstić information content (AvgIpc) is 2.94. The van der Waals surface area contributed by atoms with Crippen LogP contribution in [0.15, 0.2) is 47.8 Å². The number of pyridine rings is 1. The minimum atomic E-state index is -4.51. The maximum absolute atomic E-state index is 13.2. The molecule has 0 aliphatic rings. The molecule has 0 aliphatic carbocycles. The van der Waals surface area contributed by atoms with E-state index in [1.54, 1.807) is 13.8 Å². The van der Waals surface area contributed by atoms with E-state index in [0.717, 1.165) is 16.8 Å². The molecule has 4 nitrogen and oxygen atoms in total. The number of nitrogens with zero attached hydrogens (tertiary/aromatic N) is 3. The van der Waals surface area contributed by atoms with Crippen LogP contribution in [0.5, 0.6) is 0 Å². The van der Waals surface area contributed by atoms with Crippen LogP contribution in [0, 0.1) is 11.7 Å². The Kier molecular flexibility index (Phi) is 4.43. The molecular formula is C18H15F4N3O. The number of alkyl halides is 3. The van der Waals surface area contributed by atoms with Crippen LogP contribution >= 0.6 is 0 Å². The van der Waals surface area contributed by atoms with Gasteiger partial charge in [-0.1, -0.05) is 19.0 Å². The summed E-state index contributed by atoms with van der Waals surface area (Å²) in [5.74, 6) is -0.659. The maximum atomic E-state index is 13.2. The Balaban J connectivity index is 2.32. The van der Waals surface area contributed by atoms with Crippen molar-refractivity contribution >= 4 is 11.2 Å². The zero-order chi connectivity index (χ0) is 19.1. The second-order valence-electron chi connectivity index (χ2n) is 6.12. The van der Waals surface area contributed by atoms with Gasteiger partial charge in [0.2, 0.25) is 0 Å². The third-order valence-electron chi connectivity index (χ3n) is 3.99. The van der Waals surface area contributed by atoms with Gasteiger partial charge in [-0.15, -0.1) is 0 Å². The van der Waals surface area contributed by atoms with Crippen LogP contribution in [0.25, 0.3) is 16.8 Å². The lowest BCUT2D eigenvalue weighted by Crippen LogP contribution is -2.11. The smallest absolute Gasteiger partial charge is 0.411 e. The summed E-state index contributed by atoms with van der Waals surface area (Å²) in [6.45, 7) is 3.58. The van der Waals surface area contributed by atoms with Crippen molar-refractivity contribution in [3.8, 4) is 11.3 Å². The number of hydrogen-bond acceptors (Lipinski definition) is 3. The molecule has 0 bridgehead atoms. The van der Waals surface area contributed by atoms with E-state index >= 15 is 0 Å². The van der Waals surface area contributed by atoms with Crippen molar-refractivity contribution in [2.45, 2.75) is 20.0 Å². The SMILES string of the molecule is CC(C)C(=NO)c1c(-c2ccc(F)cc2)nn2cc(C(F)(F)F)ccc12. The summed E-state index contributed by atoms with van der Waals surface area (Å²) in [6.07, 6.45) is -3.64. The Morgan fingerprint density at radius 2 is 1.77 bits per heavy atom. The zero-order valence-electron chi connectivity index (χ0n) is 13.9. The first-order valence-electron chi connectivity index (χ1n) is 7.80. The van der Waals surface area contributed by atoms with Crippen LogP contribution in [0.1, 0.15) is 25.0 Å². The van der Waals surface area contributed by atoms with E-state index in [1.807, 2.05) is 0 Å². The molecular weight excluding hydrogens is 350 g/mol. The van der Waals surface area contributed by atoms with E-state index in [1.165, 1.54) is 30.3 Å². The van der Waals surface area contributed by atoms with Gasteiger partial charge < -0.3 is 5.21 Å². The maximum Gasteiger partial charge on any atom is 0.417 e. The molecule has 136 valence electrons. The normalized spacial score (nSPS) is 13.0. The number of aromatic nitrogens is 2. The molecule has 1 N–H and O–H groups in total. The molecule has 8 heteroatoms. The third-order valence-corrected chi connectivity index (χ3v) is 3.99. The van der Waals surface area contributed by atoms with Crippen LogP contribution < -0.4 is 0 Å². The lowest BCUT2D eigenvalue weighted by molar-refractivity contribution is -0.137. The summed E-state index contributed by atoms with van der Waals surface area (Å²) in [4.78, 5) is 0. The van der Waals surface area contributed by atoms with Gasteiger partial charge in [0.1, 0.15) is 11.5 Å². The summed E-state index contributed by atoms with van der Waals surface area (Å²) in [7, 11) is 0. The highest BCUT2D eigenvalue weighted by Gasteiger charge is 2.32. The topological polar surface area (TPSA) is 49.9 Å². The number of halogens is 4. The number of benzene rings is 1. The van der Waals surface area contributed by atoms with E-state index in [2.05, 4.69) is 10.3 Å². The second-order valence-corrected chi connectivity index (χ2v) is 6.12. The van der Waals surface area contributed by atoms with E-state index in [9.17, 15) is 22.8 Å². The molecule has 0 aliphatic heterocycles. The average molecular weight is 365 g/mol. The largest absolute Gasteiger partial charge is 0.417 e. The monoisotopic (exact) mass is 365 g/mol. The van der Waals surface area contributed by atoms with Gasteiger partial charge >= 0.3 is 6.18 Å². The van der Waals surface area contributed by atoms with Crippen LogP contribution in [-0.4, -0.2) is 20.5 Å². The Labute approximate surface area is 146 Å². The van der Waals surface area contributed by atoms with Crippen molar-refractivity contribution < 1.29 is 22.8 Å². The highest BCUT2D eigenvalue weighted by atomic mass is 19.4. The zero-order valence-corrected chi connectivity index (χ0v) is 13.9. The molecule has 0 saturated carbocycles. The first kappa shape index (κ1) is 17.9. The fraction of sp³-hybridized carbons (Fsp3) is 0.222. The summed E-state index contributed by atoms with van der Waals surface area (Å²) >= 11 is 0. The van der Waals surface area contributed by atoms with Gasteiger partial charge in [-0.3, -0.25) is 0 Å². The highest BCUT2D eigenvalue weighted by molar-refractivity contribution is 6.11. The van der Waals surface area contributed by atoms with Gasteiger partial charge in [-0.2, -0.15) is 18.3 Å². The highest BCUT2D eigenvalue weighted by Crippen LogP contribution is 2.33. The van der Waals surface area contributed by atoms with Crippen LogP contribution in [0.2, 0.25) is 0 Å². The van der Waals surface area contributed by atoms with E-state index in [0.29, 0.717) is 22.3 Å². The van der Waals surface area contributed by atoms with Gasteiger partial charge in [-0.05, 0) is 42.3 Å². The van der Waals surface area contributed by atoms with Crippen LogP contribution in [0.4, 0.5) is 17.6 Å². The second kappa shape index (κ2) is 6.44. The minimum absolute atomic E-state index is 0.213. The molecule has 3 rings (SSSR count). The summed E-state index contributed by atoms with van der Waals surface area (Å²) in [5.41, 5.74) is 1.00. The molecule has 0 atom stereocenters. The molecule has 0 radical (unpaired) electrons. The minimum Gasteiger partial charge on any atom is -0.411 e. The lowest BCUT2D eigenvalue weighted by atomic mass is 9.95. The Morgan fingerprint density at radius 3 is 2.31 bits per heavy atom. The molecule has 2 aromatic heterocycles. The van der Waals surface area contributed by atoms with Crippen molar-refractivity contribution in [2.75, 3.05) is 0 Å². The van der Waals surface area contributed by atoms with Gasteiger partial charge in [0.05, 0.1) is 22.4 Å². The van der Waals surface area contributed by atoms with Crippen molar-refractivity contribution in [3.63, 3.8) is 0 Å². The van der Waals surface area contributed by atoms with E-state index in [-0.39, 0.29) is 11.6 Å². The number of hydrogen-bond donors (Lipinski definition) is 1. The number of rotatable bonds is 3. The van der Waals surface area contributed by atoms with Gasteiger partial charge in [0.25, 0.3) is 0 Å². The fourth-order valence-electron chi connectivity index (χ4n) is 2.73. The lowest BCUT2D eigenvalue weighted by Gasteiger charge is -2.10. The van der Waals surface area contributed by atoms with Crippen molar-refractivity contribution in [1.29, 1.82) is 0 Å². The molecule has 26 heavy (non-hydrogen) atoms. The molecule has 2 heterocycles. The van der Waals surface area contributed by atoms with Gasteiger partial charge in [0, 0.05) is 11.8 Å². The Morgan fingerprint density at radius 1 is 1.12 bits per heavy atom. The molecule has 1 aromatic carbocycles. The van der Waals surface area contributed by atoms with E-state index < -0.39 is 17.6 Å². The summed E-state index contributed by atoms with van der Waals surface area (Å²) < 4.78 is 53.3.